The zero-order valence-corrected chi connectivity index (χ0v) is 20.3. The van der Waals surface area contributed by atoms with Crippen LogP contribution in [0.2, 0.25) is 0 Å². The van der Waals surface area contributed by atoms with Crippen molar-refractivity contribution in [3.05, 3.63) is 112 Å². The normalized spacial score (nSPS) is 11.2. The summed E-state index contributed by atoms with van der Waals surface area (Å²) < 4.78 is 17.5. The van der Waals surface area contributed by atoms with E-state index in [2.05, 4.69) is 5.10 Å². The first-order valence-electron chi connectivity index (χ1n) is 11.7. The fourth-order valence-electron chi connectivity index (χ4n) is 3.75. The van der Waals surface area contributed by atoms with Gasteiger partial charge in [0.1, 0.15) is 0 Å². The average Bonchev–Trinajstić information content (AvgIpc) is 3.45. The number of esters is 1. The molecule has 0 aliphatic carbocycles. The molecule has 8 heteroatoms. The number of hydrogen-bond acceptors (Lipinski definition) is 7. The Hall–Kier alpha value is -4.98. The van der Waals surface area contributed by atoms with E-state index in [-0.39, 0.29) is 17.1 Å². The summed E-state index contributed by atoms with van der Waals surface area (Å²) >= 11 is 0. The second kappa shape index (κ2) is 10.3. The van der Waals surface area contributed by atoms with Crippen LogP contribution < -0.4 is 15.0 Å². The monoisotopic (exact) mass is 493 g/mol. The molecule has 0 fully saturated rings. The number of nitrogens with zero attached hydrogens (tertiary/aromatic N) is 3. The summed E-state index contributed by atoms with van der Waals surface area (Å²) in [4.78, 5) is 30.4. The summed E-state index contributed by atoms with van der Waals surface area (Å²) in [6, 6.07) is 23.0. The Balaban J connectivity index is 1.54. The molecular weight excluding hydrogens is 470 g/mol. The highest BCUT2D eigenvalue weighted by Gasteiger charge is 2.16. The minimum Gasteiger partial charge on any atom is -0.490 e. The smallest absolute Gasteiger partial charge is 0.379 e. The van der Waals surface area contributed by atoms with Gasteiger partial charge in [0.05, 0.1) is 30.0 Å². The van der Waals surface area contributed by atoms with E-state index < -0.39 is 5.97 Å². The highest BCUT2D eigenvalue weighted by atomic mass is 16.6. The Labute approximate surface area is 212 Å². The van der Waals surface area contributed by atoms with Gasteiger partial charge in [-0.1, -0.05) is 42.0 Å². The van der Waals surface area contributed by atoms with Crippen molar-refractivity contribution < 1.29 is 18.7 Å². The van der Waals surface area contributed by atoms with Gasteiger partial charge in [-0.05, 0) is 61.9 Å². The van der Waals surface area contributed by atoms with E-state index in [9.17, 15) is 9.59 Å². The molecule has 3 aromatic carbocycles. The van der Waals surface area contributed by atoms with Gasteiger partial charge < -0.3 is 13.9 Å². The maximum atomic E-state index is 13.4. The third-order valence-corrected chi connectivity index (χ3v) is 5.58. The SMILES string of the molecule is CCOc1cc(C=Nn2c(-c3ccc(C)cc3)nc3ccccc3c2=O)ccc1OC(=O)c1ccco1. The number of carbonyl (C=O) groups excluding carboxylic acids is 1. The summed E-state index contributed by atoms with van der Waals surface area (Å²) in [5, 5.41) is 4.96. The fourth-order valence-corrected chi connectivity index (χ4v) is 3.75. The van der Waals surface area contributed by atoms with Crippen molar-refractivity contribution in [1.29, 1.82) is 0 Å². The van der Waals surface area contributed by atoms with Crippen LogP contribution in [0.25, 0.3) is 22.3 Å². The van der Waals surface area contributed by atoms with E-state index in [1.807, 2.05) is 44.2 Å². The first-order chi connectivity index (χ1) is 18.0. The molecule has 0 N–H and O–H groups in total. The standard InChI is InChI=1S/C29H23N3O5/c1-3-35-26-17-20(12-15-24(26)37-29(34)25-9-6-16-36-25)18-30-32-27(21-13-10-19(2)11-14-21)31-23-8-5-4-7-22(23)28(32)33/h4-18H,3H2,1-2H3. The predicted octanol–water partition coefficient (Wildman–Crippen LogP) is 5.47. The van der Waals surface area contributed by atoms with Crippen LogP contribution in [0.5, 0.6) is 11.5 Å². The van der Waals surface area contributed by atoms with Crippen molar-refractivity contribution in [3.63, 3.8) is 0 Å². The number of aryl methyl sites for hydroxylation is 1. The lowest BCUT2D eigenvalue weighted by Gasteiger charge is -2.11. The molecule has 0 atom stereocenters. The Kier molecular flexibility index (Phi) is 6.63. The third-order valence-electron chi connectivity index (χ3n) is 5.58. The van der Waals surface area contributed by atoms with Gasteiger partial charge in [0.15, 0.2) is 17.3 Å². The Morgan fingerprint density at radius 2 is 1.84 bits per heavy atom. The van der Waals surface area contributed by atoms with Crippen LogP contribution in [0, 0.1) is 6.92 Å². The van der Waals surface area contributed by atoms with Crippen molar-refractivity contribution in [1.82, 2.24) is 9.66 Å². The first kappa shape index (κ1) is 23.7. The van der Waals surface area contributed by atoms with Crippen molar-refractivity contribution in [3.8, 4) is 22.9 Å². The van der Waals surface area contributed by atoms with Crippen molar-refractivity contribution in [2.24, 2.45) is 5.10 Å². The van der Waals surface area contributed by atoms with E-state index >= 15 is 0 Å². The summed E-state index contributed by atoms with van der Waals surface area (Å²) in [6.45, 7) is 4.18. The van der Waals surface area contributed by atoms with Gasteiger partial charge in [-0.15, -0.1) is 0 Å². The molecular formula is C29H23N3O5. The zero-order chi connectivity index (χ0) is 25.8. The Morgan fingerprint density at radius 1 is 1.03 bits per heavy atom. The number of aromatic nitrogens is 2. The van der Waals surface area contributed by atoms with Gasteiger partial charge in [-0.2, -0.15) is 9.78 Å². The van der Waals surface area contributed by atoms with E-state index in [0.29, 0.717) is 34.6 Å². The van der Waals surface area contributed by atoms with Gasteiger partial charge in [-0.25, -0.2) is 9.78 Å². The van der Waals surface area contributed by atoms with E-state index in [0.717, 1.165) is 11.1 Å². The second-order valence-electron chi connectivity index (χ2n) is 8.19. The molecule has 0 amide bonds. The number of fused-ring (bicyclic) bond motifs is 1. The molecule has 0 unspecified atom stereocenters. The number of furan rings is 1. The van der Waals surface area contributed by atoms with E-state index in [4.69, 9.17) is 18.9 Å². The van der Waals surface area contributed by atoms with Crippen LogP contribution in [0.4, 0.5) is 0 Å². The lowest BCUT2D eigenvalue weighted by molar-refractivity contribution is 0.0695. The van der Waals surface area contributed by atoms with Crippen molar-refractivity contribution >= 4 is 23.1 Å². The number of benzene rings is 3. The molecule has 5 aromatic rings. The summed E-state index contributed by atoms with van der Waals surface area (Å²) in [5.74, 6) is 0.470. The summed E-state index contributed by atoms with van der Waals surface area (Å²) in [7, 11) is 0. The fraction of sp³-hybridized carbons (Fsp3) is 0.103. The van der Waals surface area contributed by atoms with Crippen LogP contribution >= 0.6 is 0 Å². The average molecular weight is 494 g/mol. The maximum Gasteiger partial charge on any atom is 0.379 e. The molecule has 8 nitrogen and oxygen atoms in total. The highest BCUT2D eigenvalue weighted by Crippen LogP contribution is 2.29. The molecule has 2 aromatic heterocycles. The van der Waals surface area contributed by atoms with Crippen LogP contribution in [0.3, 0.4) is 0 Å². The molecule has 0 bridgehead atoms. The first-order valence-corrected chi connectivity index (χ1v) is 11.7. The molecule has 37 heavy (non-hydrogen) atoms. The number of rotatable bonds is 7. The molecule has 0 saturated heterocycles. The van der Waals surface area contributed by atoms with Gasteiger partial charge >= 0.3 is 5.97 Å². The van der Waals surface area contributed by atoms with Crippen LogP contribution in [0.1, 0.15) is 28.6 Å². The van der Waals surface area contributed by atoms with Crippen molar-refractivity contribution in [2.75, 3.05) is 6.61 Å². The summed E-state index contributed by atoms with van der Waals surface area (Å²) in [6.07, 6.45) is 2.93. The minimum atomic E-state index is -0.635. The molecule has 184 valence electrons. The highest BCUT2D eigenvalue weighted by molar-refractivity contribution is 5.89. The zero-order valence-electron chi connectivity index (χ0n) is 20.3. The summed E-state index contributed by atoms with van der Waals surface area (Å²) in [5.41, 5.74) is 2.80. The number of hydrogen-bond donors (Lipinski definition) is 0. The van der Waals surface area contributed by atoms with Gasteiger partial charge in [0.2, 0.25) is 5.76 Å². The van der Waals surface area contributed by atoms with Gasteiger partial charge in [0, 0.05) is 5.56 Å². The maximum absolute atomic E-state index is 13.4. The van der Waals surface area contributed by atoms with Crippen LogP contribution in [-0.2, 0) is 0 Å². The van der Waals surface area contributed by atoms with Crippen LogP contribution in [0.15, 0.2) is 99.4 Å². The topological polar surface area (TPSA) is 95.9 Å². The van der Waals surface area contributed by atoms with E-state index in [1.165, 1.54) is 23.2 Å². The number of ether oxygens (including phenoxy) is 2. The van der Waals surface area contributed by atoms with Crippen molar-refractivity contribution in [2.45, 2.75) is 13.8 Å². The largest absolute Gasteiger partial charge is 0.490 e. The molecule has 0 saturated carbocycles. The molecule has 0 radical (unpaired) electrons. The number of para-hydroxylation sites is 1. The molecule has 0 aliphatic heterocycles. The predicted molar refractivity (Wildman–Crippen MR) is 140 cm³/mol. The minimum absolute atomic E-state index is 0.0832. The molecule has 0 spiro atoms. The van der Waals surface area contributed by atoms with Gasteiger partial charge in [0.25, 0.3) is 5.56 Å². The third kappa shape index (κ3) is 5.04. The van der Waals surface area contributed by atoms with E-state index in [1.54, 1.807) is 42.5 Å². The van der Waals surface area contributed by atoms with Gasteiger partial charge in [-0.3, -0.25) is 4.79 Å². The number of carbonyl (C=O) groups is 1. The van der Waals surface area contributed by atoms with Crippen LogP contribution in [-0.4, -0.2) is 28.5 Å². The lowest BCUT2D eigenvalue weighted by Crippen LogP contribution is -2.20. The molecule has 0 aliphatic rings. The Bertz CT molecular complexity index is 1650. The molecule has 5 rings (SSSR count). The lowest BCUT2D eigenvalue weighted by atomic mass is 10.1. The molecule has 2 heterocycles. The second-order valence-corrected chi connectivity index (χ2v) is 8.19. The Morgan fingerprint density at radius 3 is 2.59 bits per heavy atom. The quantitative estimate of drug-likeness (QED) is 0.170.